The van der Waals surface area contributed by atoms with E-state index >= 15 is 0 Å². The van der Waals surface area contributed by atoms with Crippen molar-refractivity contribution < 1.29 is 14.6 Å². The molecule has 1 heterocycles. The monoisotopic (exact) mass is 160 g/mol. The van der Waals surface area contributed by atoms with Crippen molar-refractivity contribution in [3.63, 3.8) is 0 Å². The zero-order valence-corrected chi connectivity index (χ0v) is 7.01. The average Bonchev–Trinajstić information content (AvgIpc) is 2.03. The van der Waals surface area contributed by atoms with Crippen molar-refractivity contribution >= 4 is 0 Å². The molecule has 0 amide bonds. The fourth-order valence-electron chi connectivity index (χ4n) is 1.19. The maximum atomic E-state index is 9.80. The molecular weight excluding hydrogens is 144 g/mol. The first-order valence-electron chi connectivity index (χ1n) is 4.15. The van der Waals surface area contributed by atoms with E-state index in [0.717, 1.165) is 0 Å². The van der Waals surface area contributed by atoms with E-state index in [4.69, 9.17) is 9.47 Å². The lowest BCUT2D eigenvalue weighted by atomic mass is 9.96. The van der Waals surface area contributed by atoms with E-state index in [9.17, 15) is 5.11 Å². The molecule has 0 radical (unpaired) electrons. The molecule has 0 atom stereocenters. The maximum Gasteiger partial charge on any atom is 0.0923 e. The molecule has 1 saturated heterocycles. The van der Waals surface area contributed by atoms with Gasteiger partial charge in [0.2, 0.25) is 0 Å². The van der Waals surface area contributed by atoms with Crippen molar-refractivity contribution in [3.05, 3.63) is 0 Å². The fourth-order valence-corrected chi connectivity index (χ4v) is 1.19. The molecule has 3 heteroatoms. The summed E-state index contributed by atoms with van der Waals surface area (Å²) in [7, 11) is 0. The Hall–Kier alpha value is -0.120. The van der Waals surface area contributed by atoms with E-state index in [1.165, 1.54) is 0 Å². The minimum absolute atomic E-state index is 0.451. The van der Waals surface area contributed by atoms with Gasteiger partial charge in [-0.25, -0.2) is 0 Å². The summed E-state index contributed by atoms with van der Waals surface area (Å²) in [5.74, 6) is 0. The van der Waals surface area contributed by atoms with E-state index < -0.39 is 5.60 Å². The number of rotatable bonds is 3. The van der Waals surface area contributed by atoms with Gasteiger partial charge in [0.05, 0.1) is 12.2 Å². The molecule has 0 spiro atoms. The Kier molecular flexibility index (Phi) is 3.30. The van der Waals surface area contributed by atoms with Crippen LogP contribution < -0.4 is 0 Å². The summed E-state index contributed by atoms with van der Waals surface area (Å²) in [4.78, 5) is 0. The Balaban J connectivity index is 2.25. The summed E-state index contributed by atoms with van der Waals surface area (Å²) >= 11 is 0. The van der Waals surface area contributed by atoms with E-state index in [-0.39, 0.29) is 0 Å². The molecule has 66 valence electrons. The number of ether oxygens (including phenoxy) is 2. The van der Waals surface area contributed by atoms with Gasteiger partial charge in [-0.3, -0.25) is 0 Å². The highest BCUT2D eigenvalue weighted by molar-refractivity contribution is 4.80. The molecule has 0 aliphatic carbocycles. The van der Waals surface area contributed by atoms with Crippen LogP contribution in [-0.2, 0) is 9.47 Å². The van der Waals surface area contributed by atoms with Gasteiger partial charge in [0.1, 0.15) is 0 Å². The zero-order chi connectivity index (χ0) is 8.16. The molecule has 1 fully saturated rings. The van der Waals surface area contributed by atoms with E-state index in [1.807, 2.05) is 6.92 Å². The quantitative estimate of drug-likeness (QED) is 0.655. The summed E-state index contributed by atoms with van der Waals surface area (Å²) < 4.78 is 10.3. The molecule has 0 aromatic heterocycles. The largest absolute Gasteiger partial charge is 0.387 e. The summed E-state index contributed by atoms with van der Waals surface area (Å²) in [5.41, 5.74) is -0.617. The molecule has 3 nitrogen and oxygen atoms in total. The van der Waals surface area contributed by atoms with Crippen molar-refractivity contribution in [1.29, 1.82) is 0 Å². The fraction of sp³-hybridized carbons (Fsp3) is 1.00. The van der Waals surface area contributed by atoms with E-state index in [2.05, 4.69) is 0 Å². The number of hydrogen-bond donors (Lipinski definition) is 1. The van der Waals surface area contributed by atoms with Gasteiger partial charge in [0.15, 0.2) is 0 Å². The van der Waals surface area contributed by atoms with Gasteiger partial charge >= 0.3 is 0 Å². The summed E-state index contributed by atoms with van der Waals surface area (Å²) in [5, 5.41) is 9.80. The molecule has 1 rings (SSSR count). The Morgan fingerprint density at radius 2 is 2.09 bits per heavy atom. The van der Waals surface area contributed by atoms with Crippen LogP contribution in [0.5, 0.6) is 0 Å². The predicted octanol–water partition coefficient (Wildman–Crippen LogP) is 0.564. The van der Waals surface area contributed by atoms with Crippen LogP contribution in [0.4, 0.5) is 0 Å². The highest BCUT2D eigenvalue weighted by Crippen LogP contribution is 2.20. The van der Waals surface area contributed by atoms with E-state index in [0.29, 0.717) is 39.3 Å². The molecule has 0 bridgehead atoms. The Bertz CT molecular complexity index is 108. The van der Waals surface area contributed by atoms with E-state index in [1.54, 1.807) is 0 Å². The van der Waals surface area contributed by atoms with Crippen LogP contribution >= 0.6 is 0 Å². The smallest absolute Gasteiger partial charge is 0.0923 e. The van der Waals surface area contributed by atoms with Crippen molar-refractivity contribution in [2.75, 3.05) is 26.4 Å². The van der Waals surface area contributed by atoms with Gasteiger partial charge in [-0.1, -0.05) is 0 Å². The molecule has 0 aromatic carbocycles. The lowest BCUT2D eigenvalue weighted by Gasteiger charge is -2.31. The topological polar surface area (TPSA) is 38.7 Å². The SMILES string of the molecule is CCOCC1(O)CCOCC1. The molecule has 11 heavy (non-hydrogen) atoms. The highest BCUT2D eigenvalue weighted by atomic mass is 16.5. The lowest BCUT2D eigenvalue weighted by molar-refractivity contribution is -0.106. The second-order valence-electron chi connectivity index (χ2n) is 2.97. The van der Waals surface area contributed by atoms with Gasteiger partial charge in [0, 0.05) is 32.7 Å². The van der Waals surface area contributed by atoms with Crippen LogP contribution in [0.25, 0.3) is 0 Å². The lowest BCUT2D eigenvalue weighted by Crippen LogP contribution is -2.40. The van der Waals surface area contributed by atoms with Crippen LogP contribution in [0.2, 0.25) is 0 Å². The second-order valence-corrected chi connectivity index (χ2v) is 2.97. The zero-order valence-electron chi connectivity index (χ0n) is 7.01. The van der Waals surface area contributed by atoms with Crippen molar-refractivity contribution in [1.82, 2.24) is 0 Å². The molecule has 1 N–H and O–H groups in total. The van der Waals surface area contributed by atoms with Crippen LogP contribution in [0.1, 0.15) is 19.8 Å². The first kappa shape index (κ1) is 8.97. The van der Waals surface area contributed by atoms with Crippen LogP contribution in [0.15, 0.2) is 0 Å². The third-order valence-corrected chi connectivity index (χ3v) is 2.00. The molecule has 1 aliphatic heterocycles. The van der Waals surface area contributed by atoms with Crippen molar-refractivity contribution in [2.45, 2.75) is 25.4 Å². The van der Waals surface area contributed by atoms with Gasteiger partial charge < -0.3 is 14.6 Å². The van der Waals surface area contributed by atoms with Gasteiger partial charge in [-0.2, -0.15) is 0 Å². The van der Waals surface area contributed by atoms with Gasteiger partial charge in [-0.15, -0.1) is 0 Å². The Morgan fingerprint density at radius 1 is 1.45 bits per heavy atom. The molecule has 0 saturated carbocycles. The minimum atomic E-state index is -0.617. The minimum Gasteiger partial charge on any atom is -0.387 e. The maximum absolute atomic E-state index is 9.80. The van der Waals surface area contributed by atoms with Crippen LogP contribution in [-0.4, -0.2) is 37.1 Å². The molecule has 1 aliphatic rings. The normalized spacial score (nSPS) is 23.5. The summed E-state index contributed by atoms with van der Waals surface area (Å²) in [6, 6.07) is 0. The van der Waals surface area contributed by atoms with Crippen molar-refractivity contribution in [2.24, 2.45) is 0 Å². The number of aliphatic hydroxyl groups is 1. The summed E-state index contributed by atoms with van der Waals surface area (Å²) in [6.45, 7) is 4.37. The summed E-state index contributed by atoms with van der Waals surface area (Å²) in [6.07, 6.45) is 1.40. The standard InChI is InChI=1S/C8H16O3/c1-2-10-7-8(9)3-5-11-6-4-8/h9H,2-7H2,1H3. The Labute approximate surface area is 67.3 Å². The molecule has 0 aromatic rings. The second kappa shape index (κ2) is 4.04. The third-order valence-electron chi connectivity index (χ3n) is 2.00. The Morgan fingerprint density at radius 3 is 2.64 bits per heavy atom. The molecule has 0 unspecified atom stereocenters. The van der Waals surface area contributed by atoms with Crippen molar-refractivity contribution in [3.8, 4) is 0 Å². The average molecular weight is 160 g/mol. The van der Waals surface area contributed by atoms with Crippen LogP contribution in [0, 0.1) is 0 Å². The van der Waals surface area contributed by atoms with Gasteiger partial charge in [-0.05, 0) is 6.92 Å². The molecular formula is C8H16O3. The first-order valence-corrected chi connectivity index (χ1v) is 4.15. The number of hydrogen-bond acceptors (Lipinski definition) is 3. The van der Waals surface area contributed by atoms with Crippen LogP contribution in [0.3, 0.4) is 0 Å². The predicted molar refractivity (Wildman–Crippen MR) is 41.5 cm³/mol. The highest BCUT2D eigenvalue weighted by Gasteiger charge is 2.29. The first-order chi connectivity index (χ1) is 5.27. The van der Waals surface area contributed by atoms with Gasteiger partial charge in [0.25, 0.3) is 0 Å². The third kappa shape index (κ3) is 2.77.